The third kappa shape index (κ3) is 3.42. The van der Waals surface area contributed by atoms with Gasteiger partial charge in [0.1, 0.15) is 0 Å². The van der Waals surface area contributed by atoms with E-state index in [1.165, 1.54) is 18.4 Å². The number of nitrogen functional groups attached to an aromatic ring is 1. The van der Waals surface area contributed by atoms with Crippen molar-refractivity contribution in [1.29, 1.82) is 0 Å². The van der Waals surface area contributed by atoms with Crippen LogP contribution in [0, 0.1) is 12.3 Å². The van der Waals surface area contributed by atoms with Crippen molar-refractivity contribution in [2.45, 2.75) is 52.1 Å². The number of aryl methyl sites for hydroxylation is 1. The van der Waals surface area contributed by atoms with Crippen LogP contribution in [-0.2, 0) is 16.6 Å². The maximum Gasteiger partial charge on any atom is 0.256 e. The number of hydrogen-bond acceptors (Lipinski definition) is 6. The van der Waals surface area contributed by atoms with Crippen LogP contribution >= 0.6 is 11.3 Å². The van der Waals surface area contributed by atoms with Crippen LogP contribution in [0.4, 0.5) is 5.13 Å². The molecule has 1 amide bonds. The molecule has 9 heteroatoms. The number of anilines is 1. The molecule has 1 atom stereocenters. The molecule has 0 saturated carbocycles. The molecule has 1 aromatic carbocycles. The van der Waals surface area contributed by atoms with E-state index in [0.717, 1.165) is 10.6 Å². The van der Waals surface area contributed by atoms with Gasteiger partial charge in [-0.25, -0.2) is 18.1 Å². The van der Waals surface area contributed by atoms with Gasteiger partial charge < -0.3 is 10.6 Å². The fourth-order valence-electron chi connectivity index (χ4n) is 3.36. The highest BCUT2D eigenvalue weighted by atomic mass is 32.2. The van der Waals surface area contributed by atoms with Gasteiger partial charge in [-0.2, -0.15) is 0 Å². The molecule has 28 heavy (non-hydrogen) atoms. The third-order valence-corrected chi connectivity index (χ3v) is 7.83. The summed E-state index contributed by atoms with van der Waals surface area (Å²) in [5.41, 5.74) is 8.09. The molecule has 1 aromatic heterocycles. The van der Waals surface area contributed by atoms with E-state index in [2.05, 4.69) is 30.5 Å². The molecule has 0 fully saturated rings. The smallest absolute Gasteiger partial charge is 0.256 e. The average Bonchev–Trinajstić information content (AvgIpc) is 3.11. The molecule has 0 aliphatic carbocycles. The zero-order valence-corrected chi connectivity index (χ0v) is 18.6. The quantitative estimate of drug-likeness (QED) is 0.788. The third-order valence-electron chi connectivity index (χ3n) is 5.35. The molecule has 0 spiro atoms. The summed E-state index contributed by atoms with van der Waals surface area (Å²) < 4.78 is 27.8. The van der Waals surface area contributed by atoms with E-state index >= 15 is 0 Å². The second kappa shape index (κ2) is 6.82. The number of benzene rings is 1. The predicted molar refractivity (Wildman–Crippen MR) is 112 cm³/mol. The van der Waals surface area contributed by atoms with Crippen molar-refractivity contribution in [3.63, 3.8) is 0 Å². The lowest BCUT2D eigenvalue weighted by Gasteiger charge is -2.35. The fourth-order valence-corrected chi connectivity index (χ4v) is 5.17. The minimum atomic E-state index is -3.82. The topological polar surface area (TPSA) is 105 Å². The summed E-state index contributed by atoms with van der Waals surface area (Å²) in [6.45, 7) is 10.4. The zero-order chi connectivity index (χ0) is 21.0. The monoisotopic (exact) mass is 422 g/mol. The molecule has 7 nitrogen and oxygen atoms in total. The minimum Gasteiger partial charge on any atom is -0.375 e. The number of aromatic nitrogens is 1. The van der Waals surface area contributed by atoms with Gasteiger partial charge in [0.05, 0.1) is 21.0 Å². The summed E-state index contributed by atoms with van der Waals surface area (Å²) >= 11 is 1.30. The van der Waals surface area contributed by atoms with Crippen LogP contribution in [0.3, 0.4) is 0 Å². The van der Waals surface area contributed by atoms with E-state index in [0.29, 0.717) is 22.8 Å². The lowest BCUT2D eigenvalue weighted by Crippen LogP contribution is -2.42. The summed E-state index contributed by atoms with van der Waals surface area (Å²) in [6.07, 6.45) is 0. The van der Waals surface area contributed by atoms with Gasteiger partial charge in [-0.1, -0.05) is 32.1 Å². The molecule has 2 heterocycles. The summed E-state index contributed by atoms with van der Waals surface area (Å²) in [5.74, 6) is -0.252. The Morgan fingerprint density at radius 1 is 1.32 bits per heavy atom. The van der Waals surface area contributed by atoms with Crippen molar-refractivity contribution in [2.24, 2.45) is 5.41 Å². The fraction of sp³-hybridized carbons (Fsp3) is 0.474. The predicted octanol–water partition coefficient (Wildman–Crippen LogP) is 3.00. The van der Waals surface area contributed by atoms with Crippen molar-refractivity contribution >= 4 is 32.4 Å². The van der Waals surface area contributed by atoms with Gasteiger partial charge in [0.2, 0.25) is 10.0 Å². The molecular formula is C19H26N4O3S2. The van der Waals surface area contributed by atoms with Gasteiger partial charge in [-0.15, -0.1) is 0 Å². The summed E-state index contributed by atoms with van der Waals surface area (Å²) in [6, 6.07) is 3.38. The molecule has 0 saturated heterocycles. The largest absolute Gasteiger partial charge is 0.375 e. The maximum absolute atomic E-state index is 13.2. The number of carbonyl (C=O) groups excluding carboxylic acids is 1. The number of nitrogens with one attached hydrogen (secondary N) is 1. The van der Waals surface area contributed by atoms with Gasteiger partial charge in [0.15, 0.2) is 5.13 Å². The van der Waals surface area contributed by atoms with Gasteiger partial charge >= 0.3 is 0 Å². The SMILES string of the molecule is CNS(=O)(=O)c1cc(-c2sc(N)nc2C)cc2c1C(=O)N([C@@H](C)C(C)(C)C)C2. The number of rotatable bonds is 4. The minimum absolute atomic E-state index is 0.00230. The number of nitrogens with two attached hydrogens (primary N) is 1. The van der Waals surface area contributed by atoms with Crippen LogP contribution in [0.1, 0.15) is 49.3 Å². The van der Waals surface area contributed by atoms with Crippen LogP contribution in [0.5, 0.6) is 0 Å². The molecule has 2 aromatic rings. The summed E-state index contributed by atoms with van der Waals surface area (Å²) in [4.78, 5) is 20.0. The van der Waals surface area contributed by atoms with Crippen LogP contribution in [0.2, 0.25) is 0 Å². The molecule has 3 rings (SSSR count). The van der Waals surface area contributed by atoms with Crippen molar-refractivity contribution in [3.8, 4) is 10.4 Å². The van der Waals surface area contributed by atoms with E-state index in [-0.39, 0.29) is 27.8 Å². The highest BCUT2D eigenvalue weighted by molar-refractivity contribution is 7.89. The molecule has 1 aliphatic heterocycles. The first-order valence-electron chi connectivity index (χ1n) is 9.01. The second-order valence-corrected chi connectivity index (χ2v) is 11.0. The molecule has 0 unspecified atom stereocenters. The molecular weight excluding hydrogens is 396 g/mol. The number of nitrogens with zero attached hydrogens (tertiary/aromatic N) is 2. The Hall–Kier alpha value is -1.97. The lowest BCUT2D eigenvalue weighted by molar-refractivity contribution is 0.0577. The van der Waals surface area contributed by atoms with Gasteiger partial charge in [-0.3, -0.25) is 4.79 Å². The van der Waals surface area contributed by atoms with Crippen LogP contribution in [0.25, 0.3) is 10.4 Å². The Balaban J connectivity index is 2.22. The van der Waals surface area contributed by atoms with Gasteiger partial charge in [0.25, 0.3) is 5.91 Å². The van der Waals surface area contributed by atoms with Gasteiger partial charge in [-0.05, 0) is 49.6 Å². The molecule has 0 bridgehead atoms. The summed E-state index contributed by atoms with van der Waals surface area (Å²) in [5, 5.41) is 0.421. The highest BCUT2D eigenvalue weighted by Crippen LogP contribution is 2.39. The molecule has 152 valence electrons. The first-order valence-corrected chi connectivity index (χ1v) is 11.3. The number of carbonyl (C=O) groups is 1. The number of sulfonamides is 1. The Morgan fingerprint density at radius 2 is 1.96 bits per heavy atom. The van der Waals surface area contributed by atoms with Crippen molar-refractivity contribution in [3.05, 3.63) is 29.0 Å². The molecule has 3 N–H and O–H groups in total. The van der Waals surface area contributed by atoms with E-state index in [1.807, 2.05) is 19.9 Å². The Kier molecular flexibility index (Phi) is 5.06. The molecule has 0 radical (unpaired) electrons. The van der Waals surface area contributed by atoms with E-state index in [1.54, 1.807) is 11.0 Å². The van der Waals surface area contributed by atoms with E-state index in [4.69, 9.17) is 5.73 Å². The van der Waals surface area contributed by atoms with E-state index < -0.39 is 10.0 Å². The first-order chi connectivity index (χ1) is 12.9. The van der Waals surface area contributed by atoms with Crippen molar-refractivity contribution < 1.29 is 13.2 Å². The second-order valence-electron chi connectivity index (χ2n) is 8.16. The standard InChI is InChI=1S/C19H26N4O3S2/c1-10-16(27-18(20)22-10)12-7-13-9-23(11(2)19(3,4)5)17(24)15(13)14(8-12)28(25,26)21-6/h7-8,11,21H,9H2,1-6H3,(H2,20,22)/t11-/m0/s1. The van der Waals surface area contributed by atoms with Crippen molar-refractivity contribution in [1.82, 2.24) is 14.6 Å². The van der Waals surface area contributed by atoms with Crippen LogP contribution < -0.4 is 10.5 Å². The number of amides is 1. The van der Waals surface area contributed by atoms with Crippen LogP contribution in [0.15, 0.2) is 17.0 Å². The van der Waals surface area contributed by atoms with Crippen molar-refractivity contribution in [2.75, 3.05) is 12.8 Å². The zero-order valence-electron chi connectivity index (χ0n) is 17.0. The summed E-state index contributed by atoms with van der Waals surface area (Å²) in [7, 11) is -2.48. The van der Waals surface area contributed by atoms with Gasteiger partial charge in [0, 0.05) is 12.6 Å². The normalized spacial score (nSPS) is 15.8. The average molecular weight is 423 g/mol. The molecule has 1 aliphatic rings. The Bertz CT molecular complexity index is 1050. The number of fused-ring (bicyclic) bond motifs is 1. The number of thiazole rings is 1. The number of hydrogen-bond donors (Lipinski definition) is 2. The maximum atomic E-state index is 13.2. The highest BCUT2D eigenvalue weighted by Gasteiger charge is 2.39. The Morgan fingerprint density at radius 3 is 2.46 bits per heavy atom. The Labute approximate surface area is 170 Å². The first kappa shape index (κ1) is 20.8. The van der Waals surface area contributed by atoms with Crippen LogP contribution in [-0.4, -0.2) is 37.3 Å². The lowest BCUT2D eigenvalue weighted by atomic mass is 9.87. The van der Waals surface area contributed by atoms with E-state index in [9.17, 15) is 13.2 Å².